The Morgan fingerprint density at radius 3 is 2.32 bits per heavy atom. The Hall–Kier alpha value is -4.65. The summed E-state index contributed by atoms with van der Waals surface area (Å²) in [5.74, 6) is -0.401. The molecular formula is C27H28N4O6. The molecule has 2 aromatic carbocycles. The van der Waals surface area contributed by atoms with Gasteiger partial charge in [0.15, 0.2) is 0 Å². The number of hydrogen-bond donors (Lipinski definition) is 1. The summed E-state index contributed by atoms with van der Waals surface area (Å²) < 4.78 is 12.2. The SMILES string of the molecule is COc1ccc(Cn2c(=O)c(C(C)C)c(C(=O)c3cc(C)cc(C#N)c3)n(CCOC(N)=O)c2=O)cc1. The molecule has 10 heteroatoms. The summed E-state index contributed by atoms with van der Waals surface area (Å²) in [4.78, 5) is 52.2. The maximum atomic E-state index is 13.8. The lowest BCUT2D eigenvalue weighted by Gasteiger charge is -2.21. The lowest BCUT2D eigenvalue weighted by atomic mass is 9.95. The van der Waals surface area contributed by atoms with E-state index in [0.717, 1.165) is 9.13 Å². The molecule has 0 spiro atoms. The van der Waals surface area contributed by atoms with Crippen molar-refractivity contribution in [2.24, 2.45) is 5.73 Å². The van der Waals surface area contributed by atoms with Gasteiger partial charge in [-0.3, -0.25) is 18.7 Å². The summed E-state index contributed by atoms with van der Waals surface area (Å²) in [6.45, 7) is 4.69. The zero-order chi connectivity index (χ0) is 27.3. The molecule has 0 bridgehead atoms. The number of aromatic nitrogens is 2. The number of nitrogens with two attached hydrogens (primary N) is 1. The van der Waals surface area contributed by atoms with E-state index in [0.29, 0.717) is 16.9 Å². The van der Waals surface area contributed by atoms with Gasteiger partial charge in [-0.1, -0.05) is 26.0 Å². The Morgan fingerprint density at radius 1 is 1.08 bits per heavy atom. The number of methoxy groups -OCH3 is 1. The predicted octanol–water partition coefficient (Wildman–Crippen LogP) is 2.70. The highest BCUT2D eigenvalue weighted by Gasteiger charge is 2.27. The number of carbonyl (C=O) groups is 2. The Balaban J connectivity index is 2.27. The normalized spacial score (nSPS) is 10.7. The number of ether oxygens (including phenoxy) is 2. The van der Waals surface area contributed by atoms with Crippen LogP contribution in [0.3, 0.4) is 0 Å². The second-order valence-corrected chi connectivity index (χ2v) is 8.79. The zero-order valence-electron chi connectivity index (χ0n) is 21.1. The third kappa shape index (κ3) is 5.95. The van der Waals surface area contributed by atoms with Gasteiger partial charge >= 0.3 is 11.8 Å². The minimum absolute atomic E-state index is 0.0461. The second-order valence-electron chi connectivity index (χ2n) is 8.79. The van der Waals surface area contributed by atoms with Gasteiger partial charge < -0.3 is 15.2 Å². The molecule has 10 nitrogen and oxygen atoms in total. The molecule has 0 aliphatic carbocycles. The molecule has 3 aromatic rings. The van der Waals surface area contributed by atoms with E-state index in [2.05, 4.69) is 0 Å². The molecule has 0 fully saturated rings. The molecule has 0 unspecified atom stereocenters. The lowest BCUT2D eigenvalue weighted by molar-refractivity contribution is 0.102. The molecule has 37 heavy (non-hydrogen) atoms. The molecule has 1 amide bonds. The first kappa shape index (κ1) is 26.9. The largest absolute Gasteiger partial charge is 0.497 e. The number of rotatable bonds is 9. The Bertz CT molecular complexity index is 1490. The van der Waals surface area contributed by atoms with Crippen molar-refractivity contribution in [2.45, 2.75) is 39.8 Å². The van der Waals surface area contributed by atoms with E-state index < -0.39 is 29.0 Å². The fraction of sp³-hybridized carbons (Fsp3) is 0.296. The lowest BCUT2D eigenvalue weighted by Crippen LogP contribution is -2.46. The van der Waals surface area contributed by atoms with Crippen molar-refractivity contribution in [3.8, 4) is 11.8 Å². The van der Waals surface area contributed by atoms with E-state index in [4.69, 9.17) is 15.2 Å². The fourth-order valence-electron chi connectivity index (χ4n) is 4.10. The van der Waals surface area contributed by atoms with Crippen LogP contribution in [-0.2, 0) is 17.8 Å². The number of benzene rings is 2. The van der Waals surface area contributed by atoms with Crippen LogP contribution in [0.15, 0.2) is 52.1 Å². The molecular weight excluding hydrogens is 476 g/mol. The zero-order valence-corrected chi connectivity index (χ0v) is 21.1. The van der Waals surface area contributed by atoms with Crippen LogP contribution < -0.4 is 21.7 Å². The Morgan fingerprint density at radius 2 is 1.76 bits per heavy atom. The Kier molecular flexibility index (Phi) is 8.30. The van der Waals surface area contributed by atoms with Crippen LogP contribution in [0.1, 0.15) is 58.1 Å². The van der Waals surface area contributed by atoms with E-state index in [1.165, 1.54) is 13.2 Å². The summed E-state index contributed by atoms with van der Waals surface area (Å²) in [6.07, 6.45) is -1.03. The molecule has 0 saturated heterocycles. The minimum Gasteiger partial charge on any atom is -0.497 e. The van der Waals surface area contributed by atoms with Crippen LogP contribution in [0.5, 0.6) is 5.75 Å². The molecule has 0 aliphatic heterocycles. The molecule has 0 atom stereocenters. The van der Waals surface area contributed by atoms with Gasteiger partial charge in [0.2, 0.25) is 5.78 Å². The fourth-order valence-corrected chi connectivity index (χ4v) is 4.10. The summed E-state index contributed by atoms with van der Waals surface area (Å²) in [5, 5.41) is 9.36. The van der Waals surface area contributed by atoms with Crippen LogP contribution in [0.4, 0.5) is 4.79 Å². The van der Waals surface area contributed by atoms with Crippen molar-refractivity contribution in [3.05, 3.63) is 96.8 Å². The maximum absolute atomic E-state index is 13.8. The monoisotopic (exact) mass is 504 g/mol. The summed E-state index contributed by atoms with van der Waals surface area (Å²) in [7, 11) is 1.53. The third-order valence-corrected chi connectivity index (χ3v) is 5.78. The quantitative estimate of drug-likeness (QED) is 0.441. The van der Waals surface area contributed by atoms with E-state index >= 15 is 0 Å². The molecule has 1 aromatic heterocycles. The van der Waals surface area contributed by atoms with Crippen molar-refractivity contribution in [1.29, 1.82) is 5.26 Å². The molecule has 0 saturated carbocycles. The average Bonchev–Trinajstić information content (AvgIpc) is 2.86. The van der Waals surface area contributed by atoms with Gasteiger partial charge in [0.25, 0.3) is 5.56 Å². The first-order valence-electron chi connectivity index (χ1n) is 11.6. The molecule has 192 valence electrons. The van der Waals surface area contributed by atoms with Crippen molar-refractivity contribution < 1.29 is 19.1 Å². The topological polar surface area (TPSA) is 146 Å². The van der Waals surface area contributed by atoms with E-state index in [1.807, 2.05) is 6.07 Å². The molecule has 3 rings (SSSR count). The standard InChI is InChI=1S/C27H28N4O6/c1-16(2)22-23(24(32)20-12-17(3)11-19(13-20)14-28)30(9-10-37-26(29)34)27(35)31(25(22)33)15-18-5-7-21(36-4)8-6-18/h5-8,11-13,16H,9-10,15H2,1-4H3,(H2,29,34). The third-order valence-electron chi connectivity index (χ3n) is 5.78. The van der Waals surface area contributed by atoms with Gasteiger partial charge in [-0.15, -0.1) is 0 Å². The smallest absolute Gasteiger partial charge is 0.404 e. The van der Waals surface area contributed by atoms with Gasteiger partial charge in [0.1, 0.15) is 18.1 Å². The summed E-state index contributed by atoms with van der Waals surface area (Å²) in [5.41, 5.74) is 5.54. The van der Waals surface area contributed by atoms with Gasteiger partial charge in [-0.2, -0.15) is 5.26 Å². The van der Waals surface area contributed by atoms with Crippen molar-refractivity contribution in [3.63, 3.8) is 0 Å². The highest BCUT2D eigenvalue weighted by molar-refractivity contribution is 6.09. The summed E-state index contributed by atoms with van der Waals surface area (Å²) in [6, 6.07) is 13.5. The number of amides is 1. The molecule has 1 heterocycles. The first-order valence-corrected chi connectivity index (χ1v) is 11.6. The second kappa shape index (κ2) is 11.4. The van der Waals surface area contributed by atoms with E-state index in [9.17, 15) is 24.4 Å². The van der Waals surface area contributed by atoms with Crippen LogP contribution in [0, 0.1) is 18.3 Å². The molecule has 0 radical (unpaired) electrons. The van der Waals surface area contributed by atoms with Crippen LogP contribution in [0.2, 0.25) is 0 Å². The highest BCUT2D eigenvalue weighted by Crippen LogP contribution is 2.21. The summed E-state index contributed by atoms with van der Waals surface area (Å²) >= 11 is 0. The number of primary amides is 1. The Labute approximate surface area is 213 Å². The van der Waals surface area contributed by atoms with Gasteiger partial charge in [-0.25, -0.2) is 9.59 Å². The first-order chi connectivity index (χ1) is 17.6. The highest BCUT2D eigenvalue weighted by atomic mass is 16.5. The van der Waals surface area contributed by atoms with Crippen LogP contribution in [-0.4, -0.2) is 34.7 Å². The minimum atomic E-state index is -1.03. The number of nitriles is 1. The van der Waals surface area contributed by atoms with Crippen molar-refractivity contribution in [1.82, 2.24) is 9.13 Å². The molecule has 2 N–H and O–H groups in total. The van der Waals surface area contributed by atoms with Gasteiger partial charge in [-0.05, 0) is 54.3 Å². The number of carbonyl (C=O) groups excluding carboxylic acids is 2. The van der Waals surface area contributed by atoms with Gasteiger partial charge in [0.05, 0.1) is 31.8 Å². The van der Waals surface area contributed by atoms with Crippen molar-refractivity contribution >= 4 is 11.9 Å². The number of ketones is 1. The van der Waals surface area contributed by atoms with E-state index in [1.54, 1.807) is 57.2 Å². The van der Waals surface area contributed by atoms with Crippen molar-refractivity contribution in [2.75, 3.05) is 13.7 Å². The van der Waals surface area contributed by atoms with Crippen LogP contribution >= 0.6 is 0 Å². The van der Waals surface area contributed by atoms with Gasteiger partial charge in [0, 0.05) is 11.1 Å². The number of aryl methyl sites for hydroxylation is 1. The van der Waals surface area contributed by atoms with Crippen LogP contribution in [0.25, 0.3) is 0 Å². The predicted molar refractivity (Wildman–Crippen MR) is 136 cm³/mol. The van der Waals surface area contributed by atoms with E-state index in [-0.39, 0.29) is 42.1 Å². The number of hydrogen-bond acceptors (Lipinski definition) is 7. The maximum Gasteiger partial charge on any atom is 0.404 e. The average molecular weight is 505 g/mol. The number of nitrogens with zero attached hydrogens (tertiary/aromatic N) is 3. The molecule has 0 aliphatic rings.